The Hall–Kier alpha value is -3.74. The molecular formula is C22H22N6O. The fraction of sp³-hybridized carbons (Fsp3) is 0.182. The summed E-state index contributed by atoms with van der Waals surface area (Å²) in [7, 11) is 1.65. The molecule has 0 radical (unpaired) electrons. The smallest absolute Gasteiger partial charge is 0.223 e. The number of aromatic nitrogens is 5. The number of anilines is 1. The van der Waals surface area contributed by atoms with Crippen molar-refractivity contribution in [1.82, 2.24) is 24.7 Å². The van der Waals surface area contributed by atoms with Crippen molar-refractivity contribution in [3.63, 3.8) is 0 Å². The minimum absolute atomic E-state index is 0.115. The molecule has 0 aliphatic rings. The van der Waals surface area contributed by atoms with E-state index in [1.54, 1.807) is 36.6 Å². The first-order chi connectivity index (χ1) is 14.3. The van der Waals surface area contributed by atoms with E-state index >= 15 is 0 Å². The summed E-state index contributed by atoms with van der Waals surface area (Å²) in [6, 6.07) is 13.8. The number of para-hydroxylation sites is 2. The van der Waals surface area contributed by atoms with Gasteiger partial charge < -0.3 is 10.1 Å². The number of pyridine rings is 1. The van der Waals surface area contributed by atoms with E-state index in [0.29, 0.717) is 5.95 Å². The Bertz CT molecular complexity index is 1080. The van der Waals surface area contributed by atoms with Crippen LogP contribution in [0.5, 0.6) is 5.75 Å². The van der Waals surface area contributed by atoms with Crippen LogP contribution in [-0.2, 0) is 0 Å². The molecule has 4 aromatic rings. The zero-order valence-corrected chi connectivity index (χ0v) is 16.4. The highest BCUT2D eigenvalue weighted by Gasteiger charge is 2.13. The molecule has 0 saturated carbocycles. The number of hydrogen-bond donors (Lipinski definition) is 1. The zero-order chi connectivity index (χ0) is 20.1. The van der Waals surface area contributed by atoms with Crippen molar-refractivity contribution in [2.24, 2.45) is 0 Å². The molecule has 0 saturated heterocycles. The molecule has 0 spiro atoms. The quantitative estimate of drug-likeness (QED) is 0.510. The van der Waals surface area contributed by atoms with Gasteiger partial charge in [-0.1, -0.05) is 19.1 Å². The number of nitrogens with one attached hydrogen (secondary N) is 1. The van der Waals surface area contributed by atoms with Gasteiger partial charge in [0.2, 0.25) is 5.95 Å². The van der Waals surface area contributed by atoms with Crippen LogP contribution in [0.2, 0.25) is 0 Å². The molecule has 7 heteroatoms. The van der Waals surface area contributed by atoms with Crippen LogP contribution in [0.3, 0.4) is 0 Å². The lowest BCUT2D eigenvalue weighted by Gasteiger charge is -2.17. The highest BCUT2D eigenvalue weighted by Crippen LogP contribution is 2.25. The summed E-state index contributed by atoms with van der Waals surface area (Å²) in [6.07, 6.45) is 9.98. The molecule has 0 amide bonds. The third kappa shape index (κ3) is 4.08. The van der Waals surface area contributed by atoms with Gasteiger partial charge in [-0.25, -0.2) is 14.6 Å². The second-order valence-electron chi connectivity index (χ2n) is 6.50. The number of hydrogen-bond acceptors (Lipinski definition) is 6. The van der Waals surface area contributed by atoms with Gasteiger partial charge in [-0.2, -0.15) is 5.10 Å². The van der Waals surface area contributed by atoms with Gasteiger partial charge in [0.1, 0.15) is 11.4 Å². The molecule has 1 N–H and O–H groups in total. The van der Waals surface area contributed by atoms with Crippen LogP contribution in [0.15, 0.2) is 73.4 Å². The molecule has 3 heterocycles. The summed E-state index contributed by atoms with van der Waals surface area (Å²) < 4.78 is 7.22. The van der Waals surface area contributed by atoms with E-state index in [2.05, 4.69) is 32.3 Å². The predicted molar refractivity (Wildman–Crippen MR) is 112 cm³/mol. The largest absolute Gasteiger partial charge is 0.494 e. The normalized spacial score (nSPS) is 11.8. The molecule has 3 aromatic heterocycles. The highest BCUT2D eigenvalue weighted by molar-refractivity contribution is 5.59. The molecule has 0 bridgehead atoms. The maximum atomic E-state index is 5.43. The average molecular weight is 386 g/mol. The van der Waals surface area contributed by atoms with Gasteiger partial charge >= 0.3 is 0 Å². The van der Waals surface area contributed by atoms with Crippen molar-refractivity contribution in [3.05, 3.63) is 79.0 Å². The fourth-order valence-electron chi connectivity index (χ4n) is 3.17. The van der Waals surface area contributed by atoms with E-state index in [9.17, 15) is 0 Å². The lowest BCUT2D eigenvalue weighted by Crippen LogP contribution is -2.12. The van der Waals surface area contributed by atoms with Crippen molar-refractivity contribution in [2.45, 2.75) is 19.4 Å². The van der Waals surface area contributed by atoms with E-state index in [1.165, 1.54) is 0 Å². The van der Waals surface area contributed by atoms with Crippen LogP contribution in [0.4, 0.5) is 5.95 Å². The van der Waals surface area contributed by atoms with Crippen molar-refractivity contribution in [2.75, 3.05) is 12.4 Å². The molecule has 146 valence electrons. The Morgan fingerprint density at radius 2 is 1.90 bits per heavy atom. The van der Waals surface area contributed by atoms with E-state index < -0.39 is 0 Å². The second kappa shape index (κ2) is 8.52. The van der Waals surface area contributed by atoms with E-state index in [1.807, 2.05) is 48.7 Å². The molecular weight excluding hydrogens is 364 g/mol. The molecule has 1 aromatic carbocycles. The van der Waals surface area contributed by atoms with Gasteiger partial charge in [0.15, 0.2) is 0 Å². The Labute approximate surface area is 169 Å². The molecule has 7 nitrogen and oxygen atoms in total. The molecule has 1 atom stereocenters. The number of nitrogens with zero attached hydrogens (tertiary/aromatic N) is 5. The third-order valence-electron chi connectivity index (χ3n) is 4.69. The van der Waals surface area contributed by atoms with Gasteiger partial charge in [-0.3, -0.25) is 4.98 Å². The highest BCUT2D eigenvalue weighted by atomic mass is 16.5. The molecule has 29 heavy (non-hydrogen) atoms. The standard InChI is InChI=1S/C22H22N6O/c1-3-18(16-8-11-23-12-9-16)26-22-24-13-10-19(27-22)17-14-25-28(15-17)20-6-4-5-7-21(20)29-2/h4-15,18H,3H2,1-2H3,(H,24,26,27). The molecule has 0 fully saturated rings. The average Bonchev–Trinajstić information content (AvgIpc) is 3.28. The third-order valence-corrected chi connectivity index (χ3v) is 4.69. The van der Waals surface area contributed by atoms with Gasteiger partial charge in [-0.15, -0.1) is 0 Å². The molecule has 1 unspecified atom stereocenters. The second-order valence-corrected chi connectivity index (χ2v) is 6.50. The first-order valence-corrected chi connectivity index (χ1v) is 9.46. The Kier molecular flexibility index (Phi) is 5.47. The summed E-state index contributed by atoms with van der Waals surface area (Å²) in [5.41, 5.74) is 3.73. The minimum Gasteiger partial charge on any atom is -0.494 e. The topological polar surface area (TPSA) is 77.8 Å². The summed E-state index contributed by atoms with van der Waals surface area (Å²) in [5.74, 6) is 1.34. The van der Waals surface area contributed by atoms with Crippen LogP contribution >= 0.6 is 0 Å². The number of ether oxygens (including phenoxy) is 1. The van der Waals surface area contributed by atoms with Crippen molar-refractivity contribution in [3.8, 4) is 22.7 Å². The lowest BCUT2D eigenvalue weighted by molar-refractivity contribution is 0.411. The van der Waals surface area contributed by atoms with E-state index in [-0.39, 0.29) is 6.04 Å². The maximum absolute atomic E-state index is 5.43. The van der Waals surface area contributed by atoms with Crippen LogP contribution in [0.1, 0.15) is 24.9 Å². The summed E-state index contributed by atoms with van der Waals surface area (Å²) in [5, 5.41) is 7.89. The van der Waals surface area contributed by atoms with Gasteiger partial charge in [0.05, 0.1) is 25.0 Å². The van der Waals surface area contributed by atoms with Crippen molar-refractivity contribution >= 4 is 5.95 Å². The number of rotatable bonds is 7. The first kappa shape index (κ1) is 18.6. The molecule has 4 rings (SSSR count). The minimum atomic E-state index is 0.115. The monoisotopic (exact) mass is 386 g/mol. The number of benzene rings is 1. The zero-order valence-electron chi connectivity index (χ0n) is 16.4. The van der Waals surface area contributed by atoms with Crippen LogP contribution < -0.4 is 10.1 Å². The molecule has 0 aliphatic carbocycles. The fourth-order valence-corrected chi connectivity index (χ4v) is 3.17. The van der Waals surface area contributed by atoms with Crippen molar-refractivity contribution < 1.29 is 4.74 Å². The Morgan fingerprint density at radius 1 is 1.07 bits per heavy atom. The van der Waals surface area contributed by atoms with Crippen LogP contribution in [-0.4, -0.2) is 31.8 Å². The maximum Gasteiger partial charge on any atom is 0.223 e. The predicted octanol–water partition coefficient (Wildman–Crippen LogP) is 4.30. The Balaban J connectivity index is 1.59. The van der Waals surface area contributed by atoms with Crippen molar-refractivity contribution in [1.29, 1.82) is 0 Å². The van der Waals surface area contributed by atoms with Crippen LogP contribution in [0, 0.1) is 0 Å². The van der Waals surface area contributed by atoms with E-state index in [4.69, 9.17) is 4.74 Å². The number of methoxy groups -OCH3 is 1. The lowest BCUT2D eigenvalue weighted by atomic mass is 10.1. The van der Waals surface area contributed by atoms with E-state index in [0.717, 1.165) is 34.7 Å². The van der Waals surface area contributed by atoms with Gasteiger partial charge in [-0.05, 0) is 42.3 Å². The summed E-state index contributed by atoms with van der Waals surface area (Å²) >= 11 is 0. The summed E-state index contributed by atoms with van der Waals surface area (Å²) in [4.78, 5) is 13.2. The molecule has 0 aliphatic heterocycles. The van der Waals surface area contributed by atoms with Crippen LogP contribution in [0.25, 0.3) is 16.9 Å². The van der Waals surface area contributed by atoms with Gasteiger partial charge in [0.25, 0.3) is 0 Å². The summed E-state index contributed by atoms with van der Waals surface area (Å²) in [6.45, 7) is 2.12. The SMILES string of the molecule is CCC(Nc1nccc(-c2cnn(-c3ccccc3OC)c2)n1)c1ccncc1. The first-order valence-electron chi connectivity index (χ1n) is 9.46. The Morgan fingerprint density at radius 3 is 2.69 bits per heavy atom. The van der Waals surface area contributed by atoms with Gasteiger partial charge in [0, 0.05) is 30.4 Å².